The fraction of sp³-hybridized carbons (Fsp3) is 0.200. The van der Waals surface area contributed by atoms with Gasteiger partial charge in [0.05, 0.1) is 12.1 Å². The first-order valence-electron chi connectivity index (χ1n) is 2.98. The maximum atomic E-state index is 10.8. The third-order valence-electron chi connectivity index (χ3n) is 1.24. The molecule has 1 rings (SSSR count). The number of carbonyl (C=O) groups is 2. The van der Waals surface area contributed by atoms with E-state index in [9.17, 15) is 9.59 Å². The van der Waals surface area contributed by atoms with Gasteiger partial charge in [0.2, 0.25) is 0 Å². The van der Waals surface area contributed by atoms with Crippen LogP contribution in [0.2, 0.25) is 0 Å². The number of hydrogen-bond donors (Lipinski definition) is 4. The van der Waals surface area contributed by atoms with E-state index in [1.54, 1.807) is 0 Å². The Kier molecular flexibility index (Phi) is 2.07. The zero-order chi connectivity index (χ0) is 8.27. The second kappa shape index (κ2) is 3.02. The molecule has 6 nitrogen and oxygen atoms in total. The number of hydrogen-bond acceptors (Lipinski definition) is 3. The highest BCUT2D eigenvalue weighted by molar-refractivity contribution is 5.95. The lowest BCUT2D eigenvalue weighted by atomic mass is 10.2. The molecule has 0 saturated carbocycles. The molecule has 1 heterocycles. The molecule has 0 aromatic rings. The number of urea groups is 1. The van der Waals surface area contributed by atoms with Crippen molar-refractivity contribution in [2.75, 3.05) is 6.54 Å². The summed E-state index contributed by atoms with van der Waals surface area (Å²) in [4.78, 5) is 21.3. The SMILES string of the molecule is NNC(=O)C1=CNC(=O)NC1. The normalized spacial score (nSPS) is 16.1. The smallest absolute Gasteiger partial charge is 0.319 e. The molecule has 0 saturated heterocycles. The van der Waals surface area contributed by atoms with Crippen LogP contribution in [0.3, 0.4) is 0 Å². The Balaban J connectivity index is 2.61. The Labute approximate surface area is 62.8 Å². The number of nitrogens with two attached hydrogens (primary N) is 1. The molecule has 0 aliphatic carbocycles. The van der Waals surface area contributed by atoms with Crippen molar-refractivity contribution in [2.45, 2.75) is 0 Å². The third kappa shape index (κ3) is 1.68. The average molecular weight is 156 g/mol. The molecule has 0 atom stereocenters. The van der Waals surface area contributed by atoms with E-state index < -0.39 is 5.91 Å². The van der Waals surface area contributed by atoms with Crippen LogP contribution in [0.1, 0.15) is 0 Å². The van der Waals surface area contributed by atoms with Crippen molar-refractivity contribution in [3.63, 3.8) is 0 Å². The van der Waals surface area contributed by atoms with Crippen LogP contribution in [-0.4, -0.2) is 18.5 Å². The molecule has 11 heavy (non-hydrogen) atoms. The minimum atomic E-state index is -0.405. The summed E-state index contributed by atoms with van der Waals surface area (Å²) in [6.45, 7) is 0.203. The van der Waals surface area contributed by atoms with E-state index in [4.69, 9.17) is 5.84 Å². The Morgan fingerprint density at radius 1 is 1.73 bits per heavy atom. The van der Waals surface area contributed by atoms with E-state index in [1.807, 2.05) is 5.43 Å². The first kappa shape index (κ1) is 7.55. The quantitative estimate of drug-likeness (QED) is 0.204. The molecule has 0 aromatic carbocycles. The lowest BCUT2D eigenvalue weighted by Gasteiger charge is -2.12. The van der Waals surface area contributed by atoms with Gasteiger partial charge < -0.3 is 10.6 Å². The number of nitrogens with one attached hydrogen (secondary N) is 3. The van der Waals surface area contributed by atoms with Gasteiger partial charge in [-0.15, -0.1) is 0 Å². The lowest BCUT2D eigenvalue weighted by molar-refractivity contribution is -0.117. The van der Waals surface area contributed by atoms with Gasteiger partial charge in [-0.05, 0) is 0 Å². The zero-order valence-corrected chi connectivity index (χ0v) is 5.68. The van der Waals surface area contributed by atoms with Gasteiger partial charge in [-0.25, -0.2) is 10.6 Å². The van der Waals surface area contributed by atoms with Crippen LogP contribution < -0.4 is 21.9 Å². The molecule has 0 unspecified atom stereocenters. The highest BCUT2D eigenvalue weighted by atomic mass is 16.2. The van der Waals surface area contributed by atoms with Crippen molar-refractivity contribution in [3.05, 3.63) is 11.8 Å². The molecule has 0 radical (unpaired) electrons. The Bertz CT molecular complexity index is 223. The maximum absolute atomic E-state index is 10.8. The molecular formula is C5H8N4O2. The van der Waals surface area contributed by atoms with Gasteiger partial charge in [-0.2, -0.15) is 0 Å². The Morgan fingerprint density at radius 2 is 2.45 bits per heavy atom. The molecule has 3 amide bonds. The molecule has 60 valence electrons. The summed E-state index contributed by atoms with van der Waals surface area (Å²) < 4.78 is 0. The summed E-state index contributed by atoms with van der Waals surface area (Å²) in [6.07, 6.45) is 1.32. The molecule has 0 spiro atoms. The first-order chi connectivity index (χ1) is 5.24. The summed E-state index contributed by atoms with van der Waals surface area (Å²) >= 11 is 0. The van der Waals surface area contributed by atoms with Gasteiger partial charge in [-0.3, -0.25) is 10.2 Å². The second-order valence-corrected chi connectivity index (χ2v) is 1.97. The van der Waals surface area contributed by atoms with E-state index in [2.05, 4.69) is 10.6 Å². The largest absolute Gasteiger partial charge is 0.334 e. The van der Waals surface area contributed by atoms with Crippen LogP contribution in [0.25, 0.3) is 0 Å². The Hall–Kier alpha value is -1.56. The number of rotatable bonds is 1. The van der Waals surface area contributed by atoms with E-state index in [1.165, 1.54) is 6.20 Å². The molecule has 0 bridgehead atoms. The van der Waals surface area contributed by atoms with Crippen LogP contribution in [0, 0.1) is 0 Å². The molecule has 1 aliphatic heterocycles. The van der Waals surface area contributed by atoms with E-state index in [-0.39, 0.29) is 12.6 Å². The van der Waals surface area contributed by atoms with Crippen molar-refractivity contribution in [1.29, 1.82) is 0 Å². The summed E-state index contributed by atoms with van der Waals surface area (Å²) in [5.74, 6) is 4.45. The number of carbonyl (C=O) groups excluding carboxylic acids is 2. The summed E-state index contributed by atoms with van der Waals surface area (Å²) in [7, 11) is 0. The van der Waals surface area contributed by atoms with Crippen LogP contribution >= 0.6 is 0 Å². The third-order valence-corrected chi connectivity index (χ3v) is 1.24. The van der Waals surface area contributed by atoms with Crippen LogP contribution in [-0.2, 0) is 4.79 Å². The van der Waals surface area contributed by atoms with Gasteiger partial charge in [0.15, 0.2) is 0 Å². The van der Waals surface area contributed by atoms with Crippen LogP contribution in [0.15, 0.2) is 11.8 Å². The van der Waals surface area contributed by atoms with E-state index >= 15 is 0 Å². The van der Waals surface area contributed by atoms with Crippen molar-refractivity contribution in [3.8, 4) is 0 Å². The standard InChI is InChI=1S/C5H8N4O2/c6-9-4(10)3-1-7-5(11)8-2-3/h1H,2,6H2,(H,9,10)(H2,7,8,11). The van der Waals surface area contributed by atoms with Crippen LogP contribution in [0.4, 0.5) is 4.79 Å². The summed E-state index contributed by atoms with van der Waals surface area (Å²) in [6, 6.07) is -0.321. The van der Waals surface area contributed by atoms with Crippen LogP contribution in [0.5, 0.6) is 0 Å². The van der Waals surface area contributed by atoms with Gasteiger partial charge in [0.25, 0.3) is 5.91 Å². The topological polar surface area (TPSA) is 96.2 Å². The molecular weight excluding hydrogens is 148 g/mol. The minimum absolute atomic E-state index is 0.203. The fourth-order valence-corrected chi connectivity index (χ4v) is 0.669. The molecule has 0 aromatic heterocycles. The van der Waals surface area contributed by atoms with E-state index in [0.29, 0.717) is 5.57 Å². The highest BCUT2D eigenvalue weighted by Crippen LogP contribution is 1.93. The second-order valence-electron chi connectivity index (χ2n) is 1.97. The summed E-state index contributed by atoms with van der Waals surface area (Å²) in [5, 5.41) is 4.73. The minimum Gasteiger partial charge on any atom is -0.334 e. The van der Waals surface area contributed by atoms with E-state index in [0.717, 1.165) is 0 Å². The average Bonchev–Trinajstić information content (AvgIpc) is 2.05. The molecule has 6 heteroatoms. The highest BCUT2D eigenvalue weighted by Gasteiger charge is 2.13. The van der Waals surface area contributed by atoms with Gasteiger partial charge in [0, 0.05) is 6.20 Å². The molecule has 0 fully saturated rings. The number of amides is 3. The predicted octanol–water partition coefficient (Wildman–Crippen LogP) is -1.83. The zero-order valence-electron chi connectivity index (χ0n) is 5.68. The van der Waals surface area contributed by atoms with Crippen molar-refractivity contribution >= 4 is 11.9 Å². The van der Waals surface area contributed by atoms with Gasteiger partial charge in [-0.1, -0.05) is 0 Å². The van der Waals surface area contributed by atoms with Crippen molar-refractivity contribution < 1.29 is 9.59 Å². The molecule has 5 N–H and O–H groups in total. The van der Waals surface area contributed by atoms with Crippen molar-refractivity contribution in [1.82, 2.24) is 16.1 Å². The number of hydrazine groups is 1. The fourth-order valence-electron chi connectivity index (χ4n) is 0.669. The first-order valence-corrected chi connectivity index (χ1v) is 2.98. The predicted molar refractivity (Wildman–Crippen MR) is 36.9 cm³/mol. The monoisotopic (exact) mass is 156 g/mol. The van der Waals surface area contributed by atoms with Crippen molar-refractivity contribution in [2.24, 2.45) is 5.84 Å². The molecule has 1 aliphatic rings. The lowest BCUT2D eigenvalue weighted by Crippen LogP contribution is -2.43. The summed E-state index contributed by atoms with van der Waals surface area (Å²) in [5.41, 5.74) is 2.35. The maximum Gasteiger partial charge on any atom is 0.319 e. The van der Waals surface area contributed by atoms with Gasteiger partial charge >= 0.3 is 6.03 Å². The van der Waals surface area contributed by atoms with Gasteiger partial charge in [0.1, 0.15) is 0 Å². The Morgan fingerprint density at radius 3 is 2.91 bits per heavy atom.